The van der Waals surface area contributed by atoms with Crippen LogP contribution in [0.3, 0.4) is 0 Å². The summed E-state index contributed by atoms with van der Waals surface area (Å²) in [4.78, 5) is 35.4. The summed E-state index contributed by atoms with van der Waals surface area (Å²) < 4.78 is 34.0. The Bertz CT molecular complexity index is 1620. The number of imidazole rings is 1. The van der Waals surface area contributed by atoms with Crippen molar-refractivity contribution >= 4 is 33.9 Å². The number of nitrogens with one attached hydrogen (secondary N) is 1. The van der Waals surface area contributed by atoms with Gasteiger partial charge in [0.1, 0.15) is 22.8 Å². The fraction of sp³-hybridized carbons (Fsp3) is 0.280. The molecule has 5 rings (SSSR count). The Hall–Kier alpha value is -4.44. The average Bonchev–Trinajstić information content (AvgIpc) is 3.47. The van der Waals surface area contributed by atoms with E-state index in [0.717, 1.165) is 24.2 Å². The minimum atomic E-state index is -2.84. The first-order valence-corrected chi connectivity index (χ1v) is 12.3. The zero-order valence-electron chi connectivity index (χ0n) is 20.5. The van der Waals surface area contributed by atoms with Gasteiger partial charge in [-0.15, -0.1) is 10.2 Å². The first-order valence-electron chi connectivity index (χ1n) is 11.5. The first-order chi connectivity index (χ1) is 18.2. The van der Waals surface area contributed by atoms with Crippen LogP contribution in [0.25, 0.3) is 16.8 Å². The summed E-state index contributed by atoms with van der Waals surface area (Å²) in [5.41, 5.74) is 0.542. The number of halogens is 2. The Morgan fingerprint density at radius 3 is 2.68 bits per heavy atom. The summed E-state index contributed by atoms with van der Waals surface area (Å²) in [6, 6.07) is 2.63. The van der Waals surface area contributed by atoms with Crippen molar-refractivity contribution in [2.75, 3.05) is 26.5 Å². The molecule has 10 nitrogen and oxygen atoms in total. The molecule has 4 heterocycles. The number of rotatable bonds is 6. The van der Waals surface area contributed by atoms with Gasteiger partial charge >= 0.3 is 0 Å². The zero-order chi connectivity index (χ0) is 27.0. The van der Waals surface area contributed by atoms with Gasteiger partial charge in [-0.05, 0) is 30.9 Å². The molecule has 0 radical (unpaired) electrons. The number of nitrogens with zero attached hydrogens (tertiary/aromatic N) is 6. The van der Waals surface area contributed by atoms with Crippen LogP contribution in [0.5, 0.6) is 5.75 Å². The van der Waals surface area contributed by atoms with E-state index in [4.69, 9.17) is 4.74 Å². The van der Waals surface area contributed by atoms with E-state index in [1.807, 2.05) is 0 Å². The Balaban J connectivity index is 1.60. The van der Waals surface area contributed by atoms with Gasteiger partial charge in [-0.3, -0.25) is 19.9 Å². The highest BCUT2D eigenvalue weighted by Crippen LogP contribution is 2.35. The minimum absolute atomic E-state index is 0.0949. The van der Waals surface area contributed by atoms with Gasteiger partial charge in [-0.25, -0.2) is 13.8 Å². The topological polar surface area (TPSA) is 115 Å². The van der Waals surface area contributed by atoms with E-state index in [1.54, 1.807) is 18.5 Å². The number of ether oxygens (including phenoxy) is 1. The van der Waals surface area contributed by atoms with Gasteiger partial charge < -0.3 is 14.0 Å². The normalized spacial score (nSPS) is 12.8. The maximum Gasteiger partial charge on any atom is 0.280 e. The quantitative estimate of drug-likeness (QED) is 0.371. The van der Waals surface area contributed by atoms with Crippen molar-refractivity contribution in [3.05, 3.63) is 52.7 Å². The van der Waals surface area contributed by atoms with Crippen molar-refractivity contribution in [3.63, 3.8) is 0 Å². The van der Waals surface area contributed by atoms with Crippen molar-refractivity contribution in [1.29, 1.82) is 0 Å². The Morgan fingerprint density at radius 2 is 2.00 bits per heavy atom. The lowest BCUT2D eigenvalue weighted by atomic mass is 10.0. The third-order valence-electron chi connectivity index (χ3n) is 5.69. The molecule has 4 aromatic rings. The second-order valence-corrected chi connectivity index (χ2v) is 9.69. The number of carbonyl (C=O) groups is 2. The summed E-state index contributed by atoms with van der Waals surface area (Å²) >= 11 is 1.12. The minimum Gasteiger partial charge on any atom is -0.494 e. The van der Waals surface area contributed by atoms with E-state index < -0.39 is 18.0 Å². The fourth-order valence-corrected chi connectivity index (χ4v) is 4.20. The van der Waals surface area contributed by atoms with Crippen molar-refractivity contribution in [2.45, 2.75) is 19.3 Å². The molecule has 2 amide bonds. The molecule has 0 atom stereocenters. The number of methoxy groups -OCH3 is 1. The van der Waals surface area contributed by atoms with Crippen LogP contribution < -0.4 is 10.1 Å². The van der Waals surface area contributed by atoms with Crippen molar-refractivity contribution in [1.82, 2.24) is 29.5 Å². The molecule has 1 saturated carbocycles. The number of alkyl halides is 2. The van der Waals surface area contributed by atoms with E-state index in [-0.39, 0.29) is 39.2 Å². The lowest BCUT2D eigenvalue weighted by Gasteiger charge is -2.14. The van der Waals surface area contributed by atoms with E-state index >= 15 is 0 Å². The third kappa shape index (κ3) is 5.16. The highest BCUT2D eigenvalue weighted by molar-refractivity contribution is 7.15. The standard InChI is InChI=1S/C25H21F2N7O3S/c1-33(2)24(36)18-12-34-11-16(14-8-17(22(26)27)28-10-19(14)37-3)15(9-20(34)29-18)23(35)30-25-32-31-21(38-25)7-6-13-4-5-13/h8-13,22H,4-5H2,1-3H3,(H,30,32,35). The fourth-order valence-electron chi connectivity index (χ4n) is 3.60. The number of pyridine rings is 2. The summed E-state index contributed by atoms with van der Waals surface area (Å²) in [6.45, 7) is 0. The first kappa shape index (κ1) is 25.2. The van der Waals surface area contributed by atoms with Crippen LogP contribution in [0.1, 0.15) is 50.8 Å². The lowest BCUT2D eigenvalue weighted by molar-refractivity contribution is 0.0822. The molecular weight excluding hydrogens is 516 g/mol. The van der Waals surface area contributed by atoms with Gasteiger partial charge in [0.15, 0.2) is 5.01 Å². The second-order valence-electron chi connectivity index (χ2n) is 8.71. The molecule has 0 aromatic carbocycles. The van der Waals surface area contributed by atoms with E-state index in [0.29, 0.717) is 16.6 Å². The van der Waals surface area contributed by atoms with E-state index in [1.165, 1.54) is 42.7 Å². The molecule has 1 fully saturated rings. The molecule has 1 aliphatic rings. The summed E-state index contributed by atoms with van der Waals surface area (Å²) in [6.07, 6.45) is 3.51. The second kappa shape index (κ2) is 10.1. The number of hydrogen-bond acceptors (Lipinski definition) is 8. The van der Waals surface area contributed by atoms with Crippen LogP contribution in [-0.4, -0.2) is 62.5 Å². The monoisotopic (exact) mass is 537 g/mol. The number of amides is 2. The number of fused-ring (bicyclic) bond motifs is 1. The van der Waals surface area contributed by atoms with Crippen molar-refractivity contribution < 1.29 is 23.1 Å². The van der Waals surface area contributed by atoms with Gasteiger partial charge in [-0.2, -0.15) is 0 Å². The maximum atomic E-state index is 13.5. The Morgan fingerprint density at radius 1 is 1.21 bits per heavy atom. The number of carbonyl (C=O) groups excluding carboxylic acids is 2. The molecule has 1 aliphatic carbocycles. The zero-order valence-corrected chi connectivity index (χ0v) is 21.3. The molecule has 0 saturated heterocycles. The highest BCUT2D eigenvalue weighted by atomic mass is 32.1. The average molecular weight is 538 g/mol. The molecule has 0 aliphatic heterocycles. The van der Waals surface area contributed by atoms with Gasteiger partial charge in [-0.1, -0.05) is 17.3 Å². The molecule has 0 unspecified atom stereocenters. The largest absolute Gasteiger partial charge is 0.494 e. The number of hydrogen-bond donors (Lipinski definition) is 1. The predicted molar refractivity (Wildman–Crippen MR) is 135 cm³/mol. The summed E-state index contributed by atoms with van der Waals surface area (Å²) in [5, 5.41) is 11.4. The maximum absolute atomic E-state index is 13.5. The van der Waals surface area contributed by atoms with Crippen LogP contribution in [-0.2, 0) is 0 Å². The Kier molecular flexibility index (Phi) is 6.73. The molecule has 1 N–H and O–H groups in total. The van der Waals surface area contributed by atoms with Crippen LogP contribution in [0.4, 0.5) is 13.9 Å². The lowest BCUT2D eigenvalue weighted by Crippen LogP contribution is -2.21. The molecule has 0 bridgehead atoms. The van der Waals surface area contributed by atoms with Gasteiger partial charge in [0, 0.05) is 43.5 Å². The highest BCUT2D eigenvalue weighted by Gasteiger charge is 2.23. The molecule has 4 aromatic heterocycles. The van der Waals surface area contributed by atoms with Crippen LogP contribution in [0.2, 0.25) is 0 Å². The summed E-state index contributed by atoms with van der Waals surface area (Å²) in [5.74, 6) is 5.70. The van der Waals surface area contributed by atoms with Gasteiger partial charge in [0.2, 0.25) is 5.13 Å². The van der Waals surface area contributed by atoms with Gasteiger partial charge in [0.25, 0.3) is 18.2 Å². The number of anilines is 1. The predicted octanol–water partition coefficient (Wildman–Crippen LogP) is 3.91. The third-order valence-corrected chi connectivity index (χ3v) is 6.45. The number of aromatic nitrogens is 5. The summed E-state index contributed by atoms with van der Waals surface area (Å²) in [7, 11) is 4.56. The molecule has 38 heavy (non-hydrogen) atoms. The van der Waals surface area contributed by atoms with E-state index in [2.05, 4.69) is 37.3 Å². The van der Waals surface area contributed by atoms with Crippen molar-refractivity contribution in [3.8, 4) is 28.7 Å². The molecule has 0 spiro atoms. The molecule has 194 valence electrons. The molecule has 13 heteroatoms. The van der Waals surface area contributed by atoms with Gasteiger partial charge in [0.05, 0.1) is 18.9 Å². The van der Waals surface area contributed by atoms with Crippen molar-refractivity contribution in [2.24, 2.45) is 5.92 Å². The van der Waals surface area contributed by atoms with Crippen LogP contribution >= 0.6 is 11.3 Å². The smallest absolute Gasteiger partial charge is 0.280 e. The SMILES string of the molecule is COc1cnc(C(F)F)cc1-c1cn2cc(C(=O)N(C)C)nc2cc1C(=O)Nc1nnc(C#CC2CC2)s1. The van der Waals surface area contributed by atoms with E-state index in [9.17, 15) is 18.4 Å². The van der Waals surface area contributed by atoms with Crippen LogP contribution in [0.15, 0.2) is 30.7 Å². The Labute approximate surface area is 219 Å². The van der Waals surface area contributed by atoms with Crippen LogP contribution in [0, 0.1) is 17.8 Å². The molecular formula is C25H21F2N7O3S.